The summed E-state index contributed by atoms with van der Waals surface area (Å²) in [6.07, 6.45) is -0.0556. The first-order valence-corrected chi connectivity index (χ1v) is 3.12. The number of ether oxygens (including phenoxy) is 1. The van der Waals surface area contributed by atoms with Crippen LogP contribution >= 0.6 is 15.9 Å². The summed E-state index contributed by atoms with van der Waals surface area (Å²) in [7, 11) is 0. The molecule has 0 saturated carbocycles. The Bertz CT molecular complexity index is 242. The minimum atomic E-state index is -1.39. The second-order valence-electron chi connectivity index (χ2n) is 1.45. The van der Waals surface area contributed by atoms with Gasteiger partial charge in [0.05, 0.1) is 4.47 Å². The van der Waals surface area contributed by atoms with Crippen molar-refractivity contribution in [3.8, 4) is 5.95 Å². The summed E-state index contributed by atoms with van der Waals surface area (Å²) in [6.45, 7) is 0. The molecule has 0 aliphatic rings. The van der Waals surface area contributed by atoms with E-state index < -0.39 is 6.16 Å². The predicted octanol–water partition coefficient (Wildman–Crippen LogP) is 2.10. The van der Waals surface area contributed by atoms with Gasteiger partial charge in [-0.1, -0.05) is 0 Å². The lowest BCUT2D eigenvalue weighted by molar-refractivity contribution is 0.133. The van der Waals surface area contributed by atoms with Gasteiger partial charge in [0, 0.05) is 6.07 Å². The molecule has 1 heterocycles. The first kappa shape index (κ1) is 7.14. The third-order valence-corrected chi connectivity index (χ3v) is 1.15. The number of hydrogen-bond donors (Lipinski definition) is 1. The van der Waals surface area contributed by atoms with Crippen molar-refractivity contribution in [2.45, 2.75) is 0 Å². The lowest BCUT2D eigenvalue weighted by atomic mass is 10.6. The molecule has 1 aromatic rings. The lowest BCUT2D eigenvalue weighted by Crippen LogP contribution is -2.01. The Morgan fingerprint density at radius 2 is 2.50 bits per heavy atom. The third kappa shape index (κ3) is 1.77. The topological polar surface area (TPSA) is 59.7 Å². The third-order valence-electron chi connectivity index (χ3n) is 0.731. The SMILES string of the molecule is O=C(O)Oc1cc(Br)co1. The van der Waals surface area contributed by atoms with Crippen molar-refractivity contribution in [3.63, 3.8) is 0 Å². The fourth-order valence-corrected chi connectivity index (χ4v) is 0.715. The molecule has 1 N–H and O–H groups in total. The number of furan rings is 1. The smallest absolute Gasteiger partial charge is 0.449 e. The Balaban J connectivity index is 2.67. The van der Waals surface area contributed by atoms with E-state index in [0.717, 1.165) is 0 Å². The maximum atomic E-state index is 9.88. The molecule has 0 fully saturated rings. The molecule has 54 valence electrons. The molecule has 0 bridgehead atoms. The predicted molar refractivity (Wildman–Crippen MR) is 35.1 cm³/mol. The van der Waals surface area contributed by atoms with Crippen LogP contribution < -0.4 is 4.74 Å². The summed E-state index contributed by atoms with van der Waals surface area (Å²) in [5.74, 6) is -0.0422. The van der Waals surface area contributed by atoms with Gasteiger partial charge in [-0.15, -0.1) is 0 Å². The van der Waals surface area contributed by atoms with Crippen LogP contribution in [-0.4, -0.2) is 11.3 Å². The number of rotatable bonds is 1. The quantitative estimate of drug-likeness (QED) is 0.716. The molecule has 0 aliphatic carbocycles. The van der Waals surface area contributed by atoms with Crippen molar-refractivity contribution in [3.05, 3.63) is 16.8 Å². The number of carbonyl (C=O) groups is 1. The number of hydrogen-bond acceptors (Lipinski definition) is 3. The lowest BCUT2D eigenvalue weighted by Gasteiger charge is -1.89. The standard InChI is InChI=1S/C5H3BrO4/c6-3-1-4(9-2-3)10-5(7)8/h1-2H,(H,7,8). The van der Waals surface area contributed by atoms with Crippen molar-refractivity contribution in [1.29, 1.82) is 0 Å². The van der Waals surface area contributed by atoms with Crippen LogP contribution in [0.4, 0.5) is 4.79 Å². The Morgan fingerprint density at radius 3 is 2.90 bits per heavy atom. The Kier molecular flexibility index (Phi) is 1.96. The van der Waals surface area contributed by atoms with Crippen LogP contribution in [0.15, 0.2) is 21.2 Å². The van der Waals surface area contributed by atoms with Crippen molar-refractivity contribution >= 4 is 22.1 Å². The van der Waals surface area contributed by atoms with Crippen molar-refractivity contribution in [2.24, 2.45) is 0 Å². The zero-order valence-electron chi connectivity index (χ0n) is 4.70. The van der Waals surface area contributed by atoms with Crippen LogP contribution in [0.2, 0.25) is 0 Å². The monoisotopic (exact) mass is 206 g/mol. The van der Waals surface area contributed by atoms with E-state index in [4.69, 9.17) is 5.11 Å². The molecule has 5 heteroatoms. The molecule has 0 spiro atoms. The van der Waals surface area contributed by atoms with Gasteiger partial charge in [-0.2, -0.15) is 0 Å². The van der Waals surface area contributed by atoms with Gasteiger partial charge in [0.25, 0.3) is 5.95 Å². The molecule has 0 aliphatic heterocycles. The van der Waals surface area contributed by atoms with Crippen LogP contribution in [-0.2, 0) is 0 Å². The van der Waals surface area contributed by atoms with E-state index in [0.29, 0.717) is 4.47 Å². The first-order valence-electron chi connectivity index (χ1n) is 2.33. The maximum absolute atomic E-state index is 9.88. The maximum Gasteiger partial charge on any atom is 0.513 e. The minimum Gasteiger partial charge on any atom is -0.449 e. The zero-order valence-corrected chi connectivity index (χ0v) is 6.29. The molecular weight excluding hydrogens is 204 g/mol. The Hall–Kier alpha value is -0.970. The fraction of sp³-hybridized carbons (Fsp3) is 0. The van der Waals surface area contributed by atoms with E-state index >= 15 is 0 Å². The van der Waals surface area contributed by atoms with Crippen LogP contribution in [0.25, 0.3) is 0 Å². The largest absolute Gasteiger partial charge is 0.513 e. The van der Waals surface area contributed by atoms with Gasteiger partial charge in [-0.25, -0.2) is 4.79 Å². The second kappa shape index (κ2) is 2.74. The highest BCUT2D eigenvalue weighted by molar-refractivity contribution is 9.10. The summed E-state index contributed by atoms with van der Waals surface area (Å²) in [4.78, 5) is 9.88. The van der Waals surface area contributed by atoms with E-state index in [2.05, 4.69) is 25.1 Å². The van der Waals surface area contributed by atoms with Gasteiger partial charge in [0.2, 0.25) is 0 Å². The number of carboxylic acid groups (broad SMARTS) is 1. The van der Waals surface area contributed by atoms with Crippen molar-refractivity contribution in [2.75, 3.05) is 0 Å². The molecule has 0 aromatic carbocycles. The number of halogens is 1. The Morgan fingerprint density at radius 1 is 1.80 bits per heavy atom. The molecule has 4 nitrogen and oxygen atoms in total. The van der Waals surface area contributed by atoms with Gasteiger partial charge in [-0.3, -0.25) is 0 Å². The van der Waals surface area contributed by atoms with E-state index in [9.17, 15) is 4.79 Å². The summed E-state index contributed by atoms with van der Waals surface area (Å²) in [5.41, 5.74) is 0. The first-order chi connectivity index (χ1) is 4.68. The van der Waals surface area contributed by atoms with Crippen molar-refractivity contribution < 1.29 is 19.1 Å². The minimum absolute atomic E-state index is 0.0422. The molecule has 1 rings (SSSR count). The average Bonchev–Trinajstić information content (AvgIpc) is 2.13. The zero-order chi connectivity index (χ0) is 7.56. The highest BCUT2D eigenvalue weighted by atomic mass is 79.9. The molecule has 0 atom stereocenters. The fourth-order valence-electron chi connectivity index (χ4n) is 0.435. The van der Waals surface area contributed by atoms with Gasteiger partial charge >= 0.3 is 6.16 Å². The molecule has 10 heavy (non-hydrogen) atoms. The molecule has 0 saturated heterocycles. The Labute approximate surface area is 64.5 Å². The van der Waals surface area contributed by atoms with E-state index in [-0.39, 0.29) is 5.95 Å². The normalized spacial score (nSPS) is 9.30. The molecule has 0 amide bonds. The highest BCUT2D eigenvalue weighted by Crippen LogP contribution is 2.20. The van der Waals surface area contributed by atoms with Crippen molar-refractivity contribution in [1.82, 2.24) is 0 Å². The van der Waals surface area contributed by atoms with E-state index in [1.807, 2.05) is 0 Å². The van der Waals surface area contributed by atoms with E-state index in [1.165, 1.54) is 12.3 Å². The molecule has 1 aromatic heterocycles. The summed E-state index contributed by atoms with van der Waals surface area (Å²) in [5, 5.41) is 8.08. The molecular formula is C5H3BrO4. The van der Waals surface area contributed by atoms with E-state index in [1.54, 1.807) is 0 Å². The van der Waals surface area contributed by atoms with Crippen LogP contribution in [0.1, 0.15) is 0 Å². The van der Waals surface area contributed by atoms with Crippen LogP contribution in [0.3, 0.4) is 0 Å². The second-order valence-corrected chi connectivity index (χ2v) is 2.37. The molecule has 0 radical (unpaired) electrons. The highest BCUT2D eigenvalue weighted by Gasteiger charge is 2.03. The van der Waals surface area contributed by atoms with Gasteiger partial charge in [0.15, 0.2) is 0 Å². The van der Waals surface area contributed by atoms with Crippen LogP contribution in [0.5, 0.6) is 5.95 Å². The van der Waals surface area contributed by atoms with Crippen LogP contribution in [0, 0.1) is 0 Å². The average molecular weight is 207 g/mol. The van der Waals surface area contributed by atoms with Gasteiger partial charge < -0.3 is 14.3 Å². The van der Waals surface area contributed by atoms with Gasteiger partial charge in [0.1, 0.15) is 6.26 Å². The molecule has 0 unspecified atom stereocenters. The van der Waals surface area contributed by atoms with Gasteiger partial charge in [-0.05, 0) is 15.9 Å². The summed E-state index contributed by atoms with van der Waals surface area (Å²) < 4.78 is 9.42. The summed E-state index contributed by atoms with van der Waals surface area (Å²) >= 11 is 3.06. The summed E-state index contributed by atoms with van der Waals surface area (Å²) in [6, 6.07) is 1.41.